The summed E-state index contributed by atoms with van der Waals surface area (Å²) >= 11 is 0. The number of aromatic carboxylic acids is 2. The van der Waals surface area contributed by atoms with E-state index >= 15 is 0 Å². The van der Waals surface area contributed by atoms with Crippen molar-refractivity contribution in [2.24, 2.45) is 0 Å². The lowest BCUT2D eigenvalue weighted by atomic mass is 9.96. The lowest BCUT2D eigenvalue weighted by Crippen LogP contribution is -2.11. The summed E-state index contributed by atoms with van der Waals surface area (Å²) in [5.41, 5.74) is 0.464. The van der Waals surface area contributed by atoms with Crippen molar-refractivity contribution in [3.8, 4) is 0 Å². The first-order valence-electron chi connectivity index (χ1n) is 11.2. The topological polar surface area (TPSA) is 74.6 Å². The van der Waals surface area contributed by atoms with Crippen molar-refractivity contribution in [2.75, 3.05) is 0 Å². The smallest absolute Gasteiger partial charge is 0.336 e. The van der Waals surface area contributed by atoms with E-state index in [0.29, 0.717) is 12.0 Å². The van der Waals surface area contributed by atoms with E-state index in [4.69, 9.17) is 0 Å². The highest BCUT2D eigenvalue weighted by molar-refractivity contribution is 6.02. The van der Waals surface area contributed by atoms with Crippen molar-refractivity contribution >= 4 is 11.9 Å². The molecule has 2 N–H and O–H groups in total. The van der Waals surface area contributed by atoms with Crippen LogP contribution in [-0.4, -0.2) is 22.2 Å². The molecule has 0 aromatic heterocycles. The Labute approximate surface area is 170 Å². The fourth-order valence-corrected chi connectivity index (χ4v) is 3.75. The van der Waals surface area contributed by atoms with Gasteiger partial charge in [-0.2, -0.15) is 0 Å². The van der Waals surface area contributed by atoms with E-state index < -0.39 is 11.9 Å². The summed E-state index contributed by atoms with van der Waals surface area (Å²) < 4.78 is 0. The molecule has 0 fully saturated rings. The number of carboxylic acid groups (broad SMARTS) is 2. The molecule has 0 spiro atoms. The molecule has 0 saturated carbocycles. The average molecular weight is 391 g/mol. The zero-order valence-corrected chi connectivity index (χ0v) is 17.5. The number of hydrogen-bond acceptors (Lipinski definition) is 2. The molecule has 1 rings (SSSR count). The maximum Gasteiger partial charge on any atom is 0.336 e. The van der Waals surface area contributed by atoms with Crippen LogP contribution >= 0.6 is 0 Å². The van der Waals surface area contributed by atoms with Gasteiger partial charge in [-0.25, -0.2) is 9.59 Å². The van der Waals surface area contributed by atoms with E-state index in [-0.39, 0.29) is 11.1 Å². The zero-order valence-electron chi connectivity index (χ0n) is 17.5. The van der Waals surface area contributed by atoms with Crippen molar-refractivity contribution in [3.05, 3.63) is 34.9 Å². The third-order valence-corrected chi connectivity index (χ3v) is 5.39. The van der Waals surface area contributed by atoms with E-state index in [1.54, 1.807) is 12.1 Å². The second-order valence-electron chi connectivity index (χ2n) is 7.80. The Morgan fingerprint density at radius 3 is 1.57 bits per heavy atom. The van der Waals surface area contributed by atoms with Gasteiger partial charge in [0.2, 0.25) is 0 Å². The van der Waals surface area contributed by atoms with Crippen molar-refractivity contribution in [2.45, 2.75) is 103 Å². The molecule has 0 heterocycles. The summed E-state index contributed by atoms with van der Waals surface area (Å²) in [7, 11) is 0. The van der Waals surface area contributed by atoms with Crippen LogP contribution in [0.2, 0.25) is 0 Å². The summed E-state index contributed by atoms with van der Waals surface area (Å²) in [5, 5.41) is 18.5. The Morgan fingerprint density at radius 2 is 1.14 bits per heavy atom. The first-order valence-corrected chi connectivity index (χ1v) is 11.2. The zero-order chi connectivity index (χ0) is 20.6. The van der Waals surface area contributed by atoms with Gasteiger partial charge in [-0.3, -0.25) is 0 Å². The molecule has 0 aliphatic heterocycles. The highest BCUT2D eigenvalue weighted by Crippen LogP contribution is 2.19. The molecule has 0 aliphatic rings. The van der Waals surface area contributed by atoms with Gasteiger partial charge in [-0.05, 0) is 24.5 Å². The second-order valence-corrected chi connectivity index (χ2v) is 7.80. The van der Waals surface area contributed by atoms with Crippen molar-refractivity contribution in [1.29, 1.82) is 0 Å². The monoisotopic (exact) mass is 390 g/mol. The number of carboxylic acids is 2. The number of unbranched alkanes of at least 4 members (excludes halogenated alkanes) is 13. The molecule has 158 valence electrons. The standard InChI is InChI=1S/C24H38O4/c1-2-3-4-5-6-7-8-9-10-11-12-13-14-15-17-20-18-16-19-21(23(25)26)22(20)24(27)28/h16,18-19H,2-15,17H2,1H3,(H,25,26)(H,27,28). The molecule has 0 atom stereocenters. The molecule has 0 bridgehead atoms. The van der Waals surface area contributed by atoms with Crippen LogP contribution in [0, 0.1) is 0 Å². The molecule has 0 unspecified atom stereocenters. The third kappa shape index (κ3) is 9.91. The molecule has 1 aromatic carbocycles. The van der Waals surface area contributed by atoms with Crippen LogP contribution in [0.3, 0.4) is 0 Å². The summed E-state index contributed by atoms with van der Waals surface area (Å²) in [5.74, 6) is -2.33. The van der Waals surface area contributed by atoms with Crippen LogP contribution in [0.4, 0.5) is 0 Å². The van der Waals surface area contributed by atoms with Crippen LogP contribution in [0.1, 0.15) is 123 Å². The Balaban J connectivity index is 2.10. The summed E-state index contributed by atoms with van der Waals surface area (Å²) in [4.78, 5) is 22.6. The number of carbonyl (C=O) groups is 2. The predicted molar refractivity (Wildman–Crippen MR) is 114 cm³/mol. The Kier molecular flexibility index (Phi) is 13.1. The van der Waals surface area contributed by atoms with Gasteiger partial charge in [0.25, 0.3) is 0 Å². The predicted octanol–water partition coefficient (Wildman–Crippen LogP) is 7.11. The molecule has 0 radical (unpaired) electrons. The van der Waals surface area contributed by atoms with Crippen molar-refractivity contribution in [1.82, 2.24) is 0 Å². The molecular weight excluding hydrogens is 352 g/mol. The van der Waals surface area contributed by atoms with E-state index in [1.165, 1.54) is 76.7 Å². The average Bonchev–Trinajstić information content (AvgIpc) is 2.67. The first-order chi connectivity index (χ1) is 13.6. The third-order valence-electron chi connectivity index (χ3n) is 5.39. The van der Waals surface area contributed by atoms with Crippen LogP contribution in [-0.2, 0) is 6.42 Å². The first kappa shape index (κ1) is 24.2. The molecule has 28 heavy (non-hydrogen) atoms. The number of rotatable bonds is 17. The van der Waals surface area contributed by atoms with Gasteiger partial charge in [-0.15, -0.1) is 0 Å². The lowest BCUT2D eigenvalue weighted by Gasteiger charge is -2.09. The SMILES string of the molecule is CCCCCCCCCCCCCCCCc1cccc(C(=O)O)c1C(=O)O. The normalized spacial score (nSPS) is 10.9. The van der Waals surface area contributed by atoms with Crippen LogP contribution in [0.5, 0.6) is 0 Å². The Morgan fingerprint density at radius 1 is 0.679 bits per heavy atom. The van der Waals surface area contributed by atoms with Crippen LogP contribution in [0.15, 0.2) is 18.2 Å². The maximum atomic E-state index is 11.4. The molecule has 4 heteroatoms. The molecular formula is C24H38O4. The van der Waals surface area contributed by atoms with Crippen molar-refractivity contribution in [3.63, 3.8) is 0 Å². The van der Waals surface area contributed by atoms with Gasteiger partial charge >= 0.3 is 11.9 Å². The van der Waals surface area contributed by atoms with Gasteiger partial charge < -0.3 is 10.2 Å². The minimum Gasteiger partial charge on any atom is -0.478 e. The van der Waals surface area contributed by atoms with E-state index in [2.05, 4.69) is 6.92 Å². The fraction of sp³-hybridized carbons (Fsp3) is 0.667. The van der Waals surface area contributed by atoms with Crippen molar-refractivity contribution < 1.29 is 19.8 Å². The van der Waals surface area contributed by atoms with Gasteiger partial charge in [0, 0.05) is 0 Å². The maximum absolute atomic E-state index is 11.4. The highest BCUT2D eigenvalue weighted by atomic mass is 16.4. The summed E-state index contributed by atoms with van der Waals surface area (Å²) in [6.45, 7) is 2.25. The van der Waals surface area contributed by atoms with E-state index in [9.17, 15) is 19.8 Å². The highest BCUT2D eigenvalue weighted by Gasteiger charge is 2.19. The largest absolute Gasteiger partial charge is 0.478 e. The van der Waals surface area contributed by atoms with Gasteiger partial charge in [0.15, 0.2) is 0 Å². The summed E-state index contributed by atoms with van der Waals surface area (Å²) in [6, 6.07) is 4.73. The molecule has 1 aromatic rings. The molecule has 0 aliphatic carbocycles. The Hall–Kier alpha value is -1.84. The number of aryl methyl sites for hydroxylation is 1. The summed E-state index contributed by atoms with van der Waals surface area (Å²) in [6.07, 6.45) is 18.6. The van der Waals surface area contributed by atoms with E-state index in [0.717, 1.165) is 19.3 Å². The second kappa shape index (κ2) is 15.1. The van der Waals surface area contributed by atoms with Gasteiger partial charge in [0.1, 0.15) is 0 Å². The van der Waals surface area contributed by atoms with Gasteiger partial charge in [0.05, 0.1) is 11.1 Å². The van der Waals surface area contributed by atoms with Crippen LogP contribution < -0.4 is 0 Å². The molecule has 0 saturated heterocycles. The molecule has 4 nitrogen and oxygen atoms in total. The minimum absolute atomic E-state index is 0.0512. The lowest BCUT2D eigenvalue weighted by molar-refractivity contribution is 0.0650. The number of hydrogen-bond donors (Lipinski definition) is 2. The Bertz CT molecular complexity index is 580. The fourth-order valence-electron chi connectivity index (χ4n) is 3.75. The number of benzene rings is 1. The quantitative estimate of drug-likeness (QED) is 0.278. The van der Waals surface area contributed by atoms with Crippen LogP contribution in [0.25, 0.3) is 0 Å². The molecule has 0 amide bonds. The van der Waals surface area contributed by atoms with E-state index in [1.807, 2.05) is 0 Å². The minimum atomic E-state index is -1.18. The van der Waals surface area contributed by atoms with Gasteiger partial charge in [-0.1, -0.05) is 103 Å².